The van der Waals surface area contributed by atoms with E-state index in [1.165, 1.54) is 26.2 Å². The fourth-order valence-corrected chi connectivity index (χ4v) is 3.35. The summed E-state index contributed by atoms with van der Waals surface area (Å²) in [5.74, 6) is -1.73. The highest BCUT2D eigenvalue weighted by Crippen LogP contribution is 2.26. The average molecular weight is 402 g/mol. The van der Waals surface area contributed by atoms with Gasteiger partial charge in [-0.15, -0.1) is 0 Å². The quantitative estimate of drug-likeness (QED) is 0.611. The second-order valence-corrected chi connectivity index (χ2v) is 7.84. The second kappa shape index (κ2) is 7.36. The third kappa shape index (κ3) is 3.98. The molecule has 11 heteroatoms. The first-order chi connectivity index (χ1) is 12.0. The zero-order chi connectivity index (χ0) is 19.6. The molecule has 0 saturated heterocycles. The molecule has 0 atom stereocenters. The predicted octanol–water partition coefficient (Wildman–Crippen LogP) is 2.89. The number of nitro groups is 1. The van der Waals surface area contributed by atoms with Crippen LogP contribution in [0.25, 0.3) is 0 Å². The number of anilines is 1. The number of nitro benzene ring substituents is 1. The Hall–Kier alpha value is -2.56. The van der Waals surface area contributed by atoms with Gasteiger partial charge in [-0.2, -0.15) is 0 Å². The van der Waals surface area contributed by atoms with Crippen molar-refractivity contribution < 1.29 is 22.5 Å². The molecular formula is C15H13ClFN3O5S. The number of non-ortho nitro benzene ring substituents is 1. The third-order valence-electron chi connectivity index (χ3n) is 3.36. The number of amides is 1. The van der Waals surface area contributed by atoms with Gasteiger partial charge in [0, 0.05) is 31.8 Å². The normalized spacial score (nSPS) is 11.4. The first kappa shape index (κ1) is 19.8. The van der Waals surface area contributed by atoms with E-state index in [9.17, 15) is 27.7 Å². The smallest absolute Gasteiger partial charge is 0.271 e. The summed E-state index contributed by atoms with van der Waals surface area (Å²) < 4.78 is 39.2. The molecular weight excluding hydrogens is 389 g/mol. The van der Waals surface area contributed by atoms with E-state index in [1.807, 2.05) is 0 Å². The Labute approximate surface area is 153 Å². The van der Waals surface area contributed by atoms with Crippen molar-refractivity contribution in [3.8, 4) is 0 Å². The summed E-state index contributed by atoms with van der Waals surface area (Å²) in [6.07, 6.45) is 0. The number of halogens is 2. The van der Waals surface area contributed by atoms with Gasteiger partial charge in [0.1, 0.15) is 10.7 Å². The Morgan fingerprint density at radius 2 is 1.88 bits per heavy atom. The molecule has 0 spiro atoms. The minimum atomic E-state index is -3.90. The molecule has 0 aromatic heterocycles. The van der Waals surface area contributed by atoms with Crippen LogP contribution in [-0.4, -0.2) is 37.6 Å². The van der Waals surface area contributed by atoms with Gasteiger partial charge in [0.2, 0.25) is 10.0 Å². The molecule has 2 aromatic rings. The summed E-state index contributed by atoms with van der Waals surface area (Å²) >= 11 is 5.90. The number of carbonyl (C=O) groups is 1. The Morgan fingerprint density at radius 3 is 2.46 bits per heavy atom. The summed E-state index contributed by atoms with van der Waals surface area (Å²) in [6, 6.07) is 6.17. The number of carbonyl (C=O) groups excluding carboxylic acids is 1. The van der Waals surface area contributed by atoms with Crippen molar-refractivity contribution in [2.75, 3.05) is 19.4 Å². The maximum Gasteiger partial charge on any atom is 0.271 e. The summed E-state index contributed by atoms with van der Waals surface area (Å²) in [6.45, 7) is 0. The number of benzene rings is 2. The summed E-state index contributed by atoms with van der Waals surface area (Å²) in [7, 11) is -1.30. The van der Waals surface area contributed by atoms with Gasteiger partial charge >= 0.3 is 0 Å². The third-order valence-corrected chi connectivity index (χ3v) is 5.66. The molecule has 0 aliphatic heterocycles. The molecule has 0 unspecified atom stereocenters. The lowest BCUT2D eigenvalue weighted by atomic mass is 10.2. The van der Waals surface area contributed by atoms with E-state index in [1.54, 1.807) is 0 Å². The van der Waals surface area contributed by atoms with Crippen LogP contribution in [0.4, 0.5) is 15.8 Å². The van der Waals surface area contributed by atoms with Crippen LogP contribution in [0.1, 0.15) is 10.4 Å². The van der Waals surface area contributed by atoms with E-state index in [4.69, 9.17) is 11.6 Å². The first-order valence-corrected chi connectivity index (χ1v) is 8.83. The van der Waals surface area contributed by atoms with Crippen molar-refractivity contribution >= 4 is 38.9 Å². The van der Waals surface area contributed by atoms with Crippen LogP contribution in [0.15, 0.2) is 41.3 Å². The van der Waals surface area contributed by atoms with Crippen molar-refractivity contribution in [2.45, 2.75) is 4.90 Å². The molecule has 0 aliphatic carbocycles. The maximum absolute atomic E-state index is 13.8. The molecule has 0 fully saturated rings. The molecule has 1 N–H and O–H groups in total. The largest absolute Gasteiger partial charge is 0.319 e. The predicted molar refractivity (Wildman–Crippen MR) is 93.3 cm³/mol. The molecule has 0 saturated carbocycles. The Bertz CT molecular complexity index is 995. The van der Waals surface area contributed by atoms with Gasteiger partial charge < -0.3 is 5.32 Å². The lowest BCUT2D eigenvalue weighted by Gasteiger charge is -2.14. The zero-order valence-corrected chi connectivity index (χ0v) is 15.1. The molecule has 26 heavy (non-hydrogen) atoms. The van der Waals surface area contributed by atoms with Crippen LogP contribution in [0.3, 0.4) is 0 Å². The minimum absolute atomic E-state index is 0.0863. The van der Waals surface area contributed by atoms with Gasteiger partial charge in [-0.25, -0.2) is 17.1 Å². The lowest BCUT2D eigenvalue weighted by molar-refractivity contribution is -0.384. The number of nitrogens with zero attached hydrogens (tertiary/aromatic N) is 2. The van der Waals surface area contributed by atoms with Crippen molar-refractivity contribution in [2.24, 2.45) is 0 Å². The second-order valence-electron chi connectivity index (χ2n) is 5.31. The highest BCUT2D eigenvalue weighted by atomic mass is 35.5. The fourth-order valence-electron chi connectivity index (χ4n) is 1.96. The summed E-state index contributed by atoms with van der Waals surface area (Å²) in [5.41, 5.74) is -0.925. The van der Waals surface area contributed by atoms with E-state index in [0.29, 0.717) is 0 Å². The summed E-state index contributed by atoms with van der Waals surface area (Å²) in [4.78, 5) is 22.0. The maximum atomic E-state index is 13.8. The van der Waals surface area contributed by atoms with E-state index in [0.717, 1.165) is 28.6 Å². The van der Waals surface area contributed by atoms with Crippen LogP contribution in [0.2, 0.25) is 5.02 Å². The molecule has 8 nitrogen and oxygen atoms in total. The molecule has 138 valence electrons. The topological polar surface area (TPSA) is 110 Å². The van der Waals surface area contributed by atoms with E-state index < -0.39 is 38.0 Å². The van der Waals surface area contributed by atoms with Gasteiger partial charge in [-0.05, 0) is 24.3 Å². The number of nitrogens with one attached hydrogen (secondary N) is 1. The molecule has 2 rings (SSSR count). The number of hydrogen-bond donors (Lipinski definition) is 1. The van der Waals surface area contributed by atoms with Gasteiger partial charge in [0.15, 0.2) is 0 Å². The van der Waals surface area contributed by atoms with Crippen LogP contribution in [0.5, 0.6) is 0 Å². The van der Waals surface area contributed by atoms with Crippen molar-refractivity contribution in [1.82, 2.24) is 4.31 Å². The van der Waals surface area contributed by atoms with Crippen molar-refractivity contribution in [3.63, 3.8) is 0 Å². The number of hydrogen-bond acceptors (Lipinski definition) is 5. The van der Waals surface area contributed by atoms with E-state index in [2.05, 4.69) is 5.32 Å². The van der Waals surface area contributed by atoms with Gasteiger partial charge in [-0.1, -0.05) is 11.6 Å². The summed E-state index contributed by atoms with van der Waals surface area (Å²) in [5, 5.41) is 12.9. The average Bonchev–Trinajstić information content (AvgIpc) is 2.56. The highest BCUT2D eigenvalue weighted by Gasteiger charge is 2.23. The molecule has 0 bridgehead atoms. The zero-order valence-electron chi connectivity index (χ0n) is 13.6. The fraction of sp³-hybridized carbons (Fsp3) is 0.133. The first-order valence-electron chi connectivity index (χ1n) is 7.01. The number of rotatable bonds is 5. The van der Waals surface area contributed by atoms with Crippen LogP contribution >= 0.6 is 11.6 Å². The molecule has 2 aromatic carbocycles. The van der Waals surface area contributed by atoms with Crippen LogP contribution in [0, 0.1) is 15.9 Å². The van der Waals surface area contributed by atoms with Gasteiger partial charge in [-0.3, -0.25) is 14.9 Å². The van der Waals surface area contributed by atoms with Crippen LogP contribution in [-0.2, 0) is 10.0 Å². The van der Waals surface area contributed by atoms with E-state index >= 15 is 0 Å². The Morgan fingerprint density at radius 1 is 1.23 bits per heavy atom. The number of sulfonamides is 1. The highest BCUT2D eigenvalue weighted by molar-refractivity contribution is 7.89. The standard InChI is InChI=1S/C15H13ClFN3O5S/c1-19(2)26(24,25)14-7-9(3-5-11(14)16)15(21)18-13-8-10(20(22)23)4-6-12(13)17/h3-8H,1-2H3,(H,18,21). The molecule has 0 radical (unpaired) electrons. The van der Waals surface area contributed by atoms with Crippen molar-refractivity contribution in [3.05, 3.63) is 62.9 Å². The minimum Gasteiger partial charge on any atom is -0.319 e. The molecule has 1 amide bonds. The molecule has 0 heterocycles. The SMILES string of the molecule is CN(C)S(=O)(=O)c1cc(C(=O)Nc2cc([N+](=O)[O-])ccc2F)ccc1Cl. The monoisotopic (exact) mass is 401 g/mol. The molecule has 0 aliphatic rings. The Balaban J connectivity index is 2.40. The van der Waals surface area contributed by atoms with Crippen LogP contribution < -0.4 is 5.32 Å². The van der Waals surface area contributed by atoms with Gasteiger partial charge in [0.05, 0.1) is 15.6 Å². The van der Waals surface area contributed by atoms with Crippen molar-refractivity contribution in [1.29, 1.82) is 0 Å². The van der Waals surface area contributed by atoms with E-state index in [-0.39, 0.29) is 15.5 Å². The lowest BCUT2D eigenvalue weighted by Crippen LogP contribution is -2.23. The Kier molecular flexibility index (Phi) is 5.59. The van der Waals surface area contributed by atoms with Gasteiger partial charge in [0.25, 0.3) is 11.6 Å².